The first-order valence-corrected chi connectivity index (χ1v) is 6.35. The molecule has 2 aromatic rings. The van der Waals surface area contributed by atoms with Crippen LogP contribution in [0.4, 0.5) is 0 Å². The second kappa shape index (κ2) is 5.36. The predicted molar refractivity (Wildman–Crippen MR) is 74.4 cm³/mol. The maximum Gasteiger partial charge on any atom is 0.0638 e. The Morgan fingerprint density at radius 1 is 1.22 bits per heavy atom. The van der Waals surface area contributed by atoms with Crippen LogP contribution in [0, 0.1) is 13.8 Å². The molecule has 0 bridgehead atoms. The van der Waals surface area contributed by atoms with Crippen LogP contribution in [0.1, 0.15) is 35.3 Å². The molecule has 0 fully saturated rings. The molecule has 1 atom stereocenters. The molecular weight excluding hydrogens is 222 g/mol. The molecule has 2 rings (SSSR count). The molecule has 0 spiro atoms. The van der Waals surface area contributed by atoms with E-state index in [1.54, 1.807) is 0 Å². The minimum atomic E-state index is 0.352. The molecule has 1 heterocycles. The molecule has 0 amide bonds. The Hall–Kier alpha value is -1.61. The lowest BCUT2D eigenvalue weighted by molar-refractivity contribution is 0.573. The Morgan fingerprint density at radius 2 is 1.89 bits per heavy atom. The maximum atomic E-state index is 4.35. The van der Waals surface area contributed by atoms with Crippen molar-refractivity contribution in [2.45, 2.75) is 33.4 Å². The fraction of sp³-hybridized carbons (Fsp3) is 0.400. The van der Waals surface area contributed by atoms with Gasteiger partial charge in [-0.15, -0.1) is 0 Å². The fourth-order valence-corrected chi connectivity index (χ4v) is 2.06. The number of aryl methyl sites for hydroxylation is 3. The van der Waals surface area contributed by atoms with Gasteiger partial charge in [-0.3, -0.25) is 4.68 Å². The standard InChI is InChI=1S/C15H21N3/c1-11-5-7-14(8-6-11)12(2)16-9-15-10-18(4)17-13(15)3/h5-8,10,12,16H,9H2,1-4H3/t12-/m1/s1. The summed E-state index contributed by atoms with van der Waals surface area (Å²) >= 11 is 0. The summed E-state index contributed by atoms with van der Waals surface area (Å²) in [5.41, 5.74) is 4.98. The molecule has 96 valence electrons. The van der Waals surface area contributed by atoms with Crippen molar-refractivity contribution in [3.05, 3.63) is 52.8 Å². The lowest BCUT2D eigenvalue weighted by atomic mass is 10.1. The molecule has 1 N–H and O–H groups in total. The number of benzene rings is 1. The van der Waals surface area contributed by atoms with E-state index in [0.717, 1.165) is 12.2 Å². The average Bonchev–Trinajstić information content (AvgIpc) is 2.66. The van der Waals surface area contributed by atoms with Gasteiger partial charge in [0.25, 0.3) is 0 Å². The average molecular weight is 243 g/mol. The fourth-order valence-electron chi connectivity index (χ4n) is 2.06. The SMILES string of the molecule is Cc1ccc([C@@H](C)NCc2cn(C)nc2C)cc1. The smallest absolute Gasteiger partial charge is 0.0638 e. The molecule has 0 unspecified atom stereocenters. The molecule has 3 heteroatoms. The van der Waals surface area contributed by atoms with Crippen molar-refractivity contribution < 1.29 is 0 Å². The lowest BCUT2D eigenvalue weighted by Crippen LogP contribution is -2.18. The number of hydrogen-bond acceptors (Lipinski definition) is 2. The van der Waals surface area contributed by atoms with E-state index in [1.165, 1.54) is 16.7 Å². The van der Waals surface area contributed by atoms with Gasteiger partial charge < -0.3 is 5.32 Å². The highest BCUT2D eigenvalue weighted by Gasteiger charge is 2.07. The molecular formula is C15H21N3. The zero-order valence-electron chi connectivity index (χ0n) is 11.6. The molecule has 1 aromatic heterocycles. The van der Waals surface area contributed by atoms with Crippen LogP contribution < -0.4 is 5.32 Å². The molecule has 0 radical (unpaired) electrons. The van der Waals surface area contributed by atoms with Gasteiger partial charge >= 0.3 is 0 Å². The number of rotatable bonds is 4. The molecule has 0 aliphatic rings. The van der Waals surface area contributed by atoms with Gasteiger partial charge in [-0.2, -0.15) is 5.10 Å². The van der Waals surface area contributed by atoms with E-state index < -0.39 is 0 Å². The van der Waals surface area contributed by atoms with Gasteiger partial charge in [-0.1, -0.05) is 29.8 Å². The Kier molecular flexibility index (Phi) is 3.82. The van der Waals surface area contributed by atoms with Crippen molar-refractivity contribution in [1.29, 1.82) is 0 Å². The van der Waals surface area contributed by atoms with Crippen molar-refractivity contribution in [3.63, 3.8) is 0 Å². The Bertz CT molecular complexity index is 511. The van der Waals surface area contributed by atoms with Gasteiger partial charge in [-0.25, -0.2) is 0 Å². The summed E-state index contributed by atoms with van der Waals surface area (Å²) in [5.74, 6) is 0. The first-order valence-electron chi connectivity index (χ1n) is 6.35. The van der Waals surface area contributed by atoms with Crippen LogP contribution in [0.2, 0.25) is 0 Å². The number of aromatic nitrogens is 2. The molecule has 1 aromatic carbocycles. The third-order valence-electron chi connectivity index (χ3n) is 3.29. The van der Waals surface area contributed by atoms with E-state index >= 15 is 0 Å². The highest BCUT2D eigenvalue weighted by atomic mass is 15.2. The number of nitrogens with zero attached hydrogens (tertiary/aromatic N) is 2. The summed E-state index contributed by atoms with van der Waals surface area (Å²) in [6, 6.07) is 9.03. The minimum Gasteiger partial charge on any atom is -0.306 e. The molecule has 18 heavy (non-hydrogen) atoms. The largest absolute Gasteiger partial charge is 0.306 e. The molecule has 0 aliphatic carbocycles. The Balaban J connectivity index is 1.98. The van der Waals surface area contributed by atoms with Crippen molar-refractivity contribution in [2.24, 2.45) is 7.05 Å². The first-order chi connectivity index (χ1) is 8.56. The zero-order valence-corrected chi connectivity index (χ0v) is 11.6. The van der Waals surface area contributed by atoms with Crippen molar-refractivity contribution >= 4 is 0 Å². The van der Waals surface area contributed by atoms with Crippen LogP contribution in [0.25, 0.3) is 0 Å². The van der Waals surface area contributed by atoms with Crippen LogP contribution in [0.3, 0.4) is 0 Å². The van der Waals surface area contributed by atoms with E-state index in [-0.39, 0.29) is 0 Å². The van der Waals surface area contributed by atoms with Gasteiger partial charge in [0.2, 0.25) is 0 Å². The summed E-state index contributed by atoms with van der Waals surface area (Å²) in [7, 11) is 1.96. The van der Waals surface area contributed by atoms with Crippen LogP contribution in [-0.2, 0) is 13.6 Å². The molecule has 3 nitrogen and oxygen atoms in total. The number of nitrogens with one attached hydrogen (secondary N) is 1. The van der Waals surface area contributed by atoms with E-state index in [1.807, 2.05) is 18.7 Å². The van der Waals surface area contributed by atoms with Crippen LogP contribution >= 0.6 is 0 Å². The van der Waals surface area contributed by atoms with Crippen molar-refractivity contribution in [3.8, 4) is 0 Å². The van der Waals surface area contributed by atoms with Crippen LogP contribution in [0.5, 0.6) is 0 Å². The van der Waals surface area contributed by atoms with Gasteiger partial charge in [-0.05, 0) is 26.3 Å². The lowest BCUT2D eigenvalue weighted by Gasteiger charge is -2.14. The normalized spacial score (nSPS) is 12.7. The van der Waals surface area contributed by atoms with E-state index in [2.05, 4.69) is 54.7 Å². The van der Waals surface area contributed by atoms with Gasteiger partial charge in [0.1, 0.15) is 0 Å². The highest BCUT2D eigenvalue weighted by Crippen LogP contribution is 2.14. The minimum absolute atomic E-state index is 0.352. The second-order valence-electron chi connectivity index (χ2n) is 4.93. The molecule has 0 saturated heterocycles. The van der Waals surface area contributed by atoms with Gasteiger partial charge in [0.15, 0.2) is 0 Å². The summed E-state index contributed by atoms with van der Waals surface area (Å²) in [5, 5.41) is 7.89. The van der Waals surface area contributed by atoms with Crippen LogP contribution in [0.15, 0.2) is 30.5 Å². The van der Waals surface area contributed by atoms with Gasteiger partial charge in [0, 0.05) is 31.4 Å². The van der Waals surface area contributed by atoms with E-state index in [0.29, 0.717) is 6.04 Å². The first kappa shape index (κ1) is 12.8. The highest BCUT2D eigenvalue weighted by molar-refractivity contribution is 5.24. The maximum absolute atomic E-state index is 4.35. The zero-order chi connectivity index (χ0) is 13.1. The summed E-state index contributed by atoms with van der Waals surface area (Å²) < 4.78 is 1.86. The van der Waals surface area contributed by atoms with Gasteiger partial charge in [0.05, 0.1) is 5.69 Å². The topological polar surface area (TPSA) is 29.9 Å². The summed E-state index contributed by atoms with van der Waals surface area (Å²) in [6.45, 7) is 7.21. The Morgan fingerprint density at radius 3 is 2.44 bits per heavy atom. The van der Waals surface area contributed by atoms with E-state index in [4.69, 9.17) is 0 Å². The quantitative estimate of drug-likeness (QED) is 0.895. The predicted octanol–water partition coefficient (Wildman–Crippen LogP) is 2.89. The van der Waals surface area contributed by atoms with Crippen molar-refractivity contribution in [2.75, 3.05) is 0 Å². The third kappa shape index (κ3) is 2.99. The second-order valence-corrected chi connectivity index (χ2v) is 4.93. The molecule has 0 aliphatic heterocycles. The Labute approximate surface area is 109 Å². The van der Waals surface area contributed by atoms with E-state index in [9.17, 15) is 0 Å². The molecule has 0 saturated carbocycles. The number of hydrogen-bond donors (Lipinski definition) is 1. The third-order valence-corrected chi connectivity index (χ3v) is 3.29. The van der Waals surface area contributed by atoms with Crippen molar-refractivity contribution in [1.82, 2.24) is 15.1 Å². The van der Waals surface area contributed by atoms with Crippen LogP contribution in [-0.4, -0.2) is 9.78 Å². The monoisotopic (exact) mass is 243 g/mol. The summed E-state index contributed by atoms with van der Waals surface area (Å²) in [4.78, 5) is 0. The summed E-state index contributed by atoms with van der Waals surface area (Å²) in [6.07, 6.45) is 2.07.